The van der Waals surface area contributed by atoms with Gasteiger partial charge in [-0.15, -0.1) is 0 Å². The summed E-state index contributed by atoms with van der Waals surface area (Å²) < 4.78 is 37.3. The van der Waals surface area contributed by atoms with Gasteiger partial charge in [0.25, 0.3) is 0 Å². The second kappa shape index (κ2) is 10.0. The van der Waals surface area contributed by atoms with Crippen LogP contribution < -0.4 is 19.1 Å². The highest BCUT2D eigenvalue weighted by Crippen LogP contribution is 2.30. The Morgan fingerprint density at radius 3 is 2.16 bits per heavy atom. The highest BCUT2D eigenvalue weighted by Gasteiger charge is 2.32. The molecule has 0 aliphatic rings. The van der Waals surface area contributed by atoms with Crippen LogP contribution in [0.4, 0.5) is 5.69 Å². The van der Waals surface area contributed by atoms with E-state index >= 15 is 0 Å². The van der Waals surface area contributed by atoms with Crippen molar-refractivity contribution in [2.45, 2.75) is 46.2 Å². The van der Waals surface area contributed by atoms with E-state index in [4.69, 9.17) is 9.47 Å². The number of aryl methyl sites for hydroxylation is 2. The van der Waals surface area contributed by atoms with Gasteiger partial charge in [0.2, 0.25) is 15.9 Å². The summed E-state index contributed by atoms with van der Waals surface area (Å²) >= 11 is 0. The van der Waals surface area contributed by atoms with Crippen LogP contribution in [0.1, 0.15) is 43.0 Å². The van der Waals surface area contributed by atoms with Crippen LogP contribution in [0.25, 0.3) is 0 Å². The molecule has 7 nitrogen and oxygen atoms in total. The van der Waals surface area contributed by atoms with Crippen molar-refractivity contribution in [3.8, 4) is 11.5 Å². The zero-order valence-corrected chi connectivity index (χ0v) is 20.0. The minimum atomic E-state index is -3.70. The zero-order valence-electron chi connectivity index (χ0n) is 19.2. The molecule has 0 aliphatic carbocycles. The molecule has 0 saturated heterocycles. The summed E-state index contributed by atoms with van der Waals surface area (Å²) in [6, 6.07) is 9.54. The third kappa shape index (κ3) is 5.91. The number of carbonyl (C=O) groups is 1. The van der Waals surface area contributed by atoms with E-state index in [1.807, 2.05) is 26.8 Å². The Balaban J connectivity index is 2.40. The molecule has 2 aromatic rings. The SMILES string of the molecule is CC[C@H](C(=O)N[C@@H](C)c1cc(OC)ccc1OC)N(c1cc(C)cc(C)c1)S(C)(=O)=O. The van der Waals surface area contributed by atoms with E-state index in [0.717, 1.165) is 22.9 Å². The third-order valence-electron chi connectivity index (χ3n) is 5.05. The van der Waals surface area contributed by atoms with Gasteiger partial charge >= 0.3 is 0 Å². The van der Waals surface area contributed by atoms with Crippen LogP contribution in [0.3, 0.4) is 0 Å². The fraction of sp³-hybridized carbons (Fsp3) is 0.435. The van der Waals surface area contributed by atoms with Crippen LogP contribution in [0.2, 0.25) is 0 Å². The van der Waals surface area contributed by atoms with Crippen LogP contribution in [-0.2, 0) is 14.8 Å². The minimum absolute atomic E-state index is 0.313. The van der Waals surface area contributed by atoms with E-state index in [2.05, 4.69) is 5.32 Å². The van der Waals surface area contributed by atoms with Crippen molar-refractivity contribution in [1.29, 1.82) is 0 Å². The number of methoxy groups -OCH3 is 2. The molecule has 0 aromatic heterocycles. The molecule has 0 spiro atoms. The summed E-state index contributed by atoms with van der Waals surface area (Å²) in [5.74, 6) is 0.859. The molecule has 0 bridgehead atoms. The lowest BCUT2D eigenvalue weighted by Crippen LogP contribution is -2.49. The maximum atomic E-state index is 13.3. The number of hydrogen-bond donors (Lipinski definition) is 1. The highest BCUT2D eigenvalue weighted by molar-refractivity contribution is 7.92. The van der Waals surface area contributed by atoms with Gasteiger partial charge in [-0.1, -0.05) is 13.0 Å². The van der Waals surface area contributed by atoms with Crippen LogP contribution >= 0.6 is 0 Å². The number of carbonyl (C=O) groups excluding carboxylic acids is 1. The smallest absolute Gasteiger partial charge is 0.244 e. The van der Waals surface area contributed by atoms with Gasteiger partial charge in [0.05, 0.1) is 32.2 Å². The molecule has 0 saturated carbocycles. The van der Waals surface area contributed by atoms with Gasteiger partial charge in [0.1, 0.15) is 17.5 Å². The molecule has 2 aromatic carbocycles. The summed E-state index contributed by atoms with van der Waals surface area (Å²) in [7, 11) is -0.583. The Hall–Kier alpha value is -2.74. The lowest BCUT2D eigenvalue weighted by molar-refractivity contribution is -0.122. The van der Waals surface area contributed by atoms with Crippen molar-refractivity contribution in [2.75, 3.05) is 24.8 Å². The van der Waals surface area contributed by atoms with Crippen LogP contribution in [0.15, 0.2) is 36.4 Å². The van der Waals surface area contributed by atoms with E-state index in [0.29, 0.717) is 23.6 Å². The van der Waals surface area contributed by atoms with Crippen LogP contribution in [0.5, 0.6) is 11.5 Å². The predicted octanol–water partition coefficient (Wildman–Crippen LogP) is 3.74. The van der Waals surface area contributed by atoms with Crippen molar-refractivity contribution in [3.63, 3.8) is 0 Å². The lowest BCUT2D eigenvalue weighted by atomic mass is 10.1. The molecule has 0 unspecified atom stereocenters. The summed E-state index contributed by atoms with van der Waals surface area (Å²) in [6.45, 7) is 7.41. The Morgan fingerprint density at radius 1 is 1.06 bits per heavy atom. The Kier molecular flexibility index (Phi) is 7.95. The summed E-state index contributed by atoms with van der Waals surface area (Å²) in [6.07, 6.45) is 1.43. The van der Waals surface area contributed by atoms with Gasteiger partial charge in [0.15, 0.2) is 0 Å². The quantitative estimate of drug-likeness (QED) is 0.632. The van der Waals surface area contributed by atoms with E-state index in [-0.39, 0.29) is 5.91 Å². The number of nitrogens with zero attached hydrogens (tertiary/aromatic N) is 1. The molecule has 1 N–H and O–H groups in total. The zero-order chi connectivity index (χ0) is 23.3. The van der Waals surface area contributed by atoms with Gasteiger partial charge < -0.3 is 14.8 Å². The molecule has 170 valence electrons. The van der Waals surface area contributed by atoms with E-state index in [9.17, 15) is 13.2 Å². The number of hydrogen-bond acceptors (Lipinski definition) is 5. The average Bonchev–Trinajstić information content (AvgIpc) is 2.69. The molecule has 31 heavy (non-hydrogen) atoms. The first kappa shape index (κ1) is 24.5. The molecule has 2 rings (SSSR count). The third-order valence-corrected chi connectivity index (χ3v) is 6.23. The number of anilines is 1. The van der Waals surface area contributed by atoms with Crippen molar-refractivity contribution < 1.29 is 22.7 Å². The molecule has 1 amide bonds. The first-order valence-electron chi connectivity index (χ1n) is 10.1. The predicted molar refractivity (Wildman–Crippen MR) is 123 cm³/mol. The Labute approximate surface area is 185 Å². The molecule has 0 fully saturated rings. The van der Waals surface area contributed by atoms with E-state index < -0.39 is 22.1 Å². The molecule has 0 radical (unpaired) electrons. The highest BCUT2D eigenvalue weighted by atomic mass is 32.2. The molecule has 2 atom stereocenters. The maximum absolute atomic E-state index is 13.3. The second-order valence-corrected chi connectivity index (χ2v) is 9.53. The van der Waals surface area contributed by atoms with Crippen molar-refractivity contribution in [3.05, 3.63) is 53.1 Å². The molecule has 8 heteroatoms. The molecular formula is C23H32N2O5S. The number of benzene rings is 2. The maximum Gasteiger partial charge on any atom is 0.244 e. The number of rotatable bonds is 9. The molecule has 0 heterocycles. The van der Waals surface area contributed by atoms with Gasteiger partial charge in [-0.25, -0.2) is 8.42 Å². The number of amides is 1. The first-order valence-corrected chi connectivity index (χ1v) is 12.0. The fourth-order valence-electron chi connectivity index (χ4n) is 3.70. The summed E-state index contributed by atoms with van der Waals surface area (Å²) in [5, 5.41) is 2.94. The van der Waals surface area contributed by atoms with Crippen molar-refractivity contribution in [2.24, 2.45) is 0 Å². The lowest BCUT2D eigenvalue weighted by Gasteiger charge is -2.31. The van der Waals surface area contributed by atoms with E-state index in [1.54, 1.807) is 51.5 Å². The molecule has 0 aliphatic heterocycles. The minimum Gasteiger partial charge on any atom is -0.497 e. The topological polar surface area (TPSA) is 84.9 Å². The number of sulfonamides is 1. The Morgan fingerprint density at radius 2 is 1.68 bits per heavy atom. The van der Waals surface area contributed by atoms with Crippen molar-refractivity contribution in [1.82, 2.24) is 5.32 Å². The average molecular weight is 449 g/mol. The first-order chi connectivity index (χ1) is 14.5. The summed E-state index contributed by atoms with van der Waals surface area (Å²) in [4.78, 5) is 13.3. The van der Waals surface area contributed by atoms with Crippen molar-refractivity contribution >= 4 is 21.6 Å². The largest absolute Gasteiger partial charge is 0.497 e. The van der Waals surface area contributed by atoms with Gasteiger partial charge in [-0.3, -0.25) is 9.10 Å². The van der Waals surface area contributed by atoms with Gasteiger partial charge in [-0.05, 0) is 68.7 Å². The number of nitrogens with one attached hydrogen (secondary N) is 1. The number of ether oxygens (including phenoxy) is 2. The van der Waals surface area contributed by atoms with Crippen LogP contribution in [0, 0.1) is 13.8 Å². The van der Waals surface area contributed by atoms with Gasteiger partial charge in [-0.2, -0.15) is 0 Å². The van der Waals surface area contributed by atoms with Gasteiger partial charge in [0, 0.05) is 5.56 Å². The normalized spacial score (nSPS) is 13.3. The van der Waals surface area contributed by atoms with E-state index in [1.165, 1.54) is 4.31 Å². The standard InChI is InChI=1S/C23H32N2O5S/c1-8-21(25(31(7,27)28)18-12-15(2)11-16(3)13-18)23(26)24-17(4)20-14-19(29-5)9-10-22(20)30-6/h9-14,17,21H,8H2,1-7H3,(H,24,26)/t17-,21+/m0/s1. The fourth-order valence-corrected chi connectivity index (χ4v) is 4.90. The van der Waals surface area contributed by atoms with Crippen LogP contribution in [-0.4, -0.2) is 40.8 Å². The monoisotopic (exact) mass is 448 g/mol. The molecular weight excluding hydrogens is 416 g/mol. The Bertz CT molecular complexity index is 1020. The summed E-state index contributed by atoms with van der Waals surface area (Å²) in [5.41, 5.74) is 3.07. The second-order valence-electron chi connectivity index (χ2n) is 7.67.